The van der Waals surface area contributed by atoms with E-state index in [1.54, 1.807) is 0 Å². The van der Waals surface area contributed by atoms with Crippen LogP contribution in [0.25, 0.3) is 10.9 Å². The largest absolute Gasteiger partial charge is 0.465 e. The minimum Gasteiger partial charge on any atom is -0.465 e. The number of carbonyl (C=O) groups excluding carboxylic acids is 1. The van der Waals surface area contributed by atoms with Gasteiger partial charge in [0.05, 0.1) is 23.9 Å². The van der Waals surface area contributed by atoms with Gasteiger partial charge in [-0.1, -0.05) is 57.2 Å². The van der Waals surface area contributed by atoms with Crippen molar-refractivity contribution in [3.05, 3.63) is 36.0 Å². The molecule has 0 radical (unpaired) electrons. The third-order valence-corrected chi connectivity index (χ3v) is 7.00. The maximum absolute atomic E-state index is 12.2. The van der Waals surface area contributed by atoms with Crippen molar-refractivity contribution < 1.29 is 18.8 Å². The van der Waals surface area contributed by atoms with E-state index in [2.05, 4.69) is 45.3 Å². The predicted octanol–water partition coefficient (Wildman–Crippen LogP) is 6.25. The molecule has 1 fully saturated rings. The van der Waals surface area contributed by atoms with Gasteiger partial charge in [-0.15, -0.1) is 0 Å². The molecular weight excluding hydrogens is 389 g/mol. The van der Waals surface area contributed by atoms with E-state index in [-0.39, 0.29) is 24.3 Å². The van der Waals surface area contributed by atoms with Gasteiger partial charge in [-0.25, -0.2) is 4.79 Å². The highest BCUT2D eigenvalue weighted by Gasteiger charge is 2.53. The summed E-state index contributed by atoms with van der Waals surface area (Å²) in [5.41, 5.74) is 1.10. The van der Waals surface area contributed by atoms with E-state index in [0.29, 0.717) is 11.4 Å². The van der Waals surface area contributed by atoms with Crippen LogP contribution in [-0.4, -0.2) is 36.0 Å². The molecule has 1 atom stereocenters. The second-order valence-electron chi connectivity index (χ2n) is 9.77. The van der Waals surface area contributed by atoms with Crippen molar-refractivity contribution in [3.63, 3.8) is 0 Å². The number of aryl methyl sites for hydroxylation is 1. The molecule has 1 aromatic carbocycles. The number of hydrogen-bond acceptors (Lipinski definition) is 4. The summed E-state index contributed by atoms with van der Waals surface area (Å²) in [5.74, 6) is 0.0825. The van der Waals surface area contributed by atoms with Crippen molar-refractivity contribution in [2.24, 2.45) is 0 Å². The number of esters is 1. The van der Waals surface area contributed by atoms with Gasteiger partial charge in [0.2, 0.25) is 0 Å². The second-order valence-corrected chi connectivity index (χ2v) is 9.77. The molecular formula is C25H38BNO4. The zero-order chi connectivity index (χ0) is 22.6. The molecule has 0 bridgehead atoms. The van der Waals surface area contributed by atoms with Crippen LogP contribution in [0, 0.1) is 0 Å². The first-order chi connectivity index (χ1) is 14.7. The minimum atomic E-state index is -0.299. The van der Waals surface area contributed by atoms with Crippen molar-refractivity contribution in [3.8, 4) is 0 Å². The predicted molar refractivity (Wildman–Crippen MR) is 126 cm³/mol. The first-order valence-corrected chi connectivity index (χ1v) is 11.7. The molecule has 1 saturated heterocycles. The molecule has 1 aliphatic rings. The number of para-hydroxylation sites is 1. The summed E-state index contributed by atoms with van der Waals surface area (Å²) >= 11 is 0. The SMILES string of the molecule is CCCCC[C@@H](CCCn1cc(C(=O)OC)c2ccccc21)B1OC(C)(C)C(C)(C)O1. The van der Waals surface area contributed by atoms with Crippen LogP contribution in [0.5, 0.6) is 0 Å². The first kappa shape index (κ1) is 23.9. The highest BCUT2D eigenvalue weighted by atomic mass is 16.7. The van der Waals surface area contributed by atoms with E-state index in [1.165, 1.54) is 26.4 Å². The van der Waals surface area contributed by atoms with Crippen LogP contribution in [0.4, 0.5) is 0 Å². The van der Waals surface area contributed by atoms with Crippen molar-refractivity contribution in [2.75, 3.05) is 7.11 Å². The van der Waals surface area contributed by atoms with Gasteiger partial charge in [0, 0.05) is 23.6 Å². The number of unbranched alkanes of at least 4 members (excludes halogenated alkanes) is 2. The Hall–Kier alpha value is -1.79. The van der Waals surface area contributed by atoms with E-state index < -0.39 is 0 Å². The van der Waals surface area contributed by atoms with E-state index >= 15 is 0 Å². The molecule has 0 amide bonds. The molecule has 2 aromatic rings. The van der Waals surface area contributed by atoms with Crippen LogP contribution in [0.2, 0.25) is 5.82 Å². The summed E-state index contributed by atoms with van der Waals surface area (Å²) in [6, 6.07) is 8.02. The maximum atomic E-state index is 12.2. The van der Waals surface area contributed by atoms with E-state index in [0.717, 1.165) is 36.7 Å². The van der Waals surface area contributed by atoms with E-state index in [4.69, 9.17) is 14.0 Å². The minimum absolute atomic E-state index is 0.158. The van der Waals surface area contributed by atoms with Gasteiger partial charge < -0.3 is 18.6 Å². The standard InChI is InChI=1S/C25H38BNO4/c1-7-8-9-13-19(26-30-24(2,3)25(4,5)31-26)14-12-17-27-18-21(23(28)29-6)20-15-10-11-16-22(20)27/h10-11,15-16,18-19H,7-9,12-14,17H2,1-6H3/t19-/m0/s1. The number of methoxy groups -OCH3 is 1. The summed E-state index contributed by atoms with van der Waals surface area (Å²) in [6.07, 6.45) is 8.72. The monoisotopic (exact) mass is 427 g/mol. The molecule has 170 valence electrons. The van der Waals surface area contributed by atoms with E-state index in [9.17, 15) is 4.79 Å². The lowest BCUT2D eigenvalue weighted by molar-refractivity contribution is 0.00578. The van der Waals surface area contributed by atoms with Gasteiger partial charge in [-0.2, -0.15) is 0 Å². The maximum Gasteiger partial charge on any atom is 0.461 e. The van der Waals surface area contributed by atoms with Gasteiger partial charge >= 0.3 is 13.1 Å². The van der Waals surface area contributed by atoms with E-state index in [1.807, 2.05) is 24.4 Å². The molecule has 5 nitrogen and oxygen atoms in total. The van der Waals surface area contributed by atoms with Crippen LogP contribution in [0.3, 0.4) is 0 Å². The Morgan fingerprint density at radius 2 is 1.71 bits per heavy atom. The molecule has 0 unspecified atom stereocenters. The fourth-order valence-corrected chi connectivity index (χ4v) is 4.38. The molecule has 6 heteroatoms. The Morgan fingerprint density at radius 1 is 1.06 bits per heavy atom. The number of hydrogen-bond donors (Lipinski definition) is 0. The third kappa shape index (κ3) is 5.17. The highest BCUT2D eigenvalue weighted by Crippen LogP contribution is 2.42. The fourth-order valence-electron chi connectivity index (χ4n) is 4.38. The topological polar surface area (TPSA) is 49.7 Å². The smallest absolute Gasteiger partial charge is 0.461 e. The summed E-state index contributed by atoms with van der Waals surface area (Å²) < 4.78 is 19.9. The van der Waals surface area contributed by atoms with Crippen LogP contribution < -0.4 is 0 Å². The van der Waals surface area contributed by atoms with Crippen LogP contribution >= 0.6 is 0 Å². The Kier molecular flexibility index (Phi) is 7.53. The number of carbonyl (C=O) groups is 1. The van der Waals surface area contributed by atoms with Gasteiger partial charge in [-0.3, -0.25) is 0 Å². The van der Waals surface area contributed by atoms with Gasteiger partial charge in [0.1, 0.15) is 0 Å². The third-order valence-electron chi connectivity index (χ3n) is 7.00. The van der Waals surface area contributed by atoms with Crippen LogP contribution in [-0.2, 0) is 20.6 Å². The molecule has 0 saturated carbocycles. The van der Waals surface area contributed by atoms with Crippen molar-refractivity contribution in [1.29, 1.82) is 0 Å². The lowest BCUT2D eigenvalue weighted by Gasteiger charge is -2.32. The quantitative estimate of drug-likeness (QED) is 0.255. The molecule has 1 aromatic heterocycles. The molecule has 0 aliphatic carbocycles. The lowest BCUT2D eigenvalue weighted by atomic mass is 9.67. The highest BCUT2D eigenvalue weighted by molar-refractivity contribution is 6.47. The summed E-state index contributed by atoms with van der Waals surface area (Å²) in [4.78, 5) is 12.2. The molecule has 31 heavy (non-hydrogen) atoms. The Morgan fingerprint density at radius 3 is 2.35 bits per heavy atom. The lowest BCUT2D eigenvalue weighted by Crippen LogP contribution is -2.41. The number of ether oxygens (including phenoxy) is 1. The second kappa shape index (κ2) is 9.78. The summed E-state index contributed by atoms with van der Waals surface area (Å²) in [5, 5.41) is 0.944. The molecule has 1 aliphatic heterocycles. The van der Waals surface area contributed by atoms with Crippen molar-refractivity contribution >= 4 is 24.0 Å². The molecule has 0 spiro atoms. The normalized spacial score (nSPS) is 18.5. The van der Waals surface area contributed by atoms with Gasteiger partial charge in [-0.05, 0) is 46.0 Å². The summed E-state index contributed by atoms with van der Waals surface area (Å²) in [7, 11) is 1.27. The number of rotatable bonds is 10. The summed E-state index contributed by atoms with van der Waals surface area (Å²) in [6.45, 7) is 11.6. The van der Waals surface area contributed by atoms with Gasteiger partial charge in [0.25, 0.3) is 0 Å². The zero-order valence-electron chi connectivity index (χ0n) is 20.1. The number of benzene rings is 1. The van der Waals surface area contributed by atoms with Crippen LogP contribution in [0.1, 0.15) is 83.5 Å². The molecule has 2 heterocycles. The molecule has 3 rings (SSSR count). The van der Waals surface area contributed by atoms with Crippen molar-refractivity contribution in [2.45, 2.75) is 96.7 Å². The fraction of sp³-hybridized carbons (Fsp3) is 0.640. The average molecular weight is 427 g/mol. The number of nitrogens with zero attached hydrogens (tertiary/aromatic N) is 1. The Bertz CT molecular complexity index is 873. The van der Waals surface area contributed by atoms with Crippen molar-refractivity contribution in [1.82, 2.24) is 4.57 Å². The zero-order valence-corrected chi connectivity index (χ0v) is 20.1. The first-order valence-electron chi connectivity index (χ1n) is 11.7. The average Bonchev–Trinajstić information content (AvgIpc) is 3.20. The Balaban J connectivity index is 1.70. The number of aromatic nitrogens is 1. The van der Waals surface area contributed by atoms with Gasteiger partial charge in [0.15, 0.2) is 0 Å². The number of fused-ring (bicyclic) bond motifs is 1. The Labute approximate surface area is 187 Å². The van der Waals surface area contributed by atoms with Crippen LogP contribution in [0.15, 0.2) is 30.5 Å². The molecule has 0 N–H and O–H groups in total.